The van der Waals surface area contributed by atoms with E-state index in [0.29, 0.717) is 5.69 Å². The predicted molar refractivity (Wildman–Crippen MR) is 110 cm³/mol. The van der Waals surface area contributed by atoms with E-state index in [-0.39, 0.29) is 29.6 Å². The summed E-state index contributed by atoms with van der Waals surface area (Å²) in [5.74, 6) is -1.04. The summed E-state index contributed by atoms with van der Waals surface area (Å²) in [6.45, 7) is 4.60. The largest absolute Gasteiger partial charge is 0.447 e. The normalized spacial score (nSPS) is 17.9. The van der Waals surface area contributed by atoms with Crippen molar-refractivity contribution in [2.75, 3.05) is 16.8 Å². The zero-order chi connectivity index (χ0) is 23.0. The predicted octanol–water partition coefficient (Wildman–Crippen LogP) is 4.11. The van der Waals surface area contributed by atoms with Crippen LogP contribution in [0.3, 0.4) is 0 Å². The SMILES string of the molecule is Cc1cn(-c2cc(F)c([C@H](C)Nc3nccc(N4C(=O)OCC4[C@H](C)F)n3)cc2F)cn1. The fourth-order valence-corrected chi connectivity index (χ4v) is 3.50. The minimum absolute atomic E-state index is 0.0382. The maximum atomic E-state index is 14.8. The average molecular weight is 446 g/mol. The van der Waals surface area contributed by atoms with Crippen molar-refractivity contribution in [1.29, 1.82) is 0 Å². The zero-order valence-corrected chi connectivity index (χ0v) is 17.6. The summed E-state index contributed by atoms with van der Waals surface area (Å²) >= 11 is 0. The number of imidazole rings is 1. The number of halogens is 3. The third kappa shape index (κ3) is 4.10. The molecule has 3 heterocycles. The van der Waals surface area contributed by atoms with Crippen LogP contribution in [0.4, 0.5) is 29.7 Å². The summed E-state index contributed by atoms with van der Waals surface area (Å²) < 4.78 is 49.7. The minimum atomic E-state index is -1.33. The number of aryl methyl sites for hydroxylation is 1. The maximum Gasteiger partial charge on any atom is 0.416 e. The highest BCUT2D eigenvalue weighted by molar-refractivity contribution is 5.89. The Balaban J connectivity index is 1.57. The molecule has 1 N–H and O–H groups in total. The first kappa shape index (κ1) is 21.6. The van der Waals surface area contributed by atoms with Crippen molar-refractivity contribution in [1.82, 2.24) is 19.5 Å². The highest BCUT2D eigenvalue weighted by Gasteiger charge is 2.39. The lowest BCUT2D eigenvalue weighted by Gasteiger charge is -2.22. The van der Waals surface area contributed by atoms with Gasteiger partial charge in [0.1, 0.15) is 36.3 Å². The van der Waals surface area contributed by atoms with Crippen LogP contribution in [0.2, 0.25) is 0 Å². The highest BCUT2D eigenvalue weighted by Crippen LogP contribution is 2.28. The van der Waals surface area contributed by atoms with E-state index < -0.39 is 36.0 Å². The van der Waals surface area contributed by atoms with Crippen LogP contribution in [0.15, 0.2) is 36.9 Å². The molecule has 3 atom stereocenters. The highest BCUT2D eigenvalue weighted by atomic mass is 19.1. The third-order valence-corrected chi connectivity index (χ3v) is 5.19. The first-order valence-corrected chi connectivity index (χ1v) is 9.94. The van der Waals surface area contributed by atoms with Gasteiger partial charge in [-0.15, -0.1) is 0 Å². The van der Waals surface area contributed by atoms with Crippen molar-refractivity contribution in [3.8, 4) is 5.69 Å². The van der Waals surface area contributed by atoms with E-state index in [4.69, 9.17) is 4.74 Å². The number of nitrogens with one attached hydrogen (secondary N) is 1. The molecule has 1 fully saturated rings. The van der Waals surface area contributed by atoms with Gasteiger partial charge in [-0.25, -0.2) is 27.9 Å². The monoisotopic (exact) mass is 446 g/mol. The van der Waals surface area contributed by atoms with E-state index in [2.05, 4.69) is 20.3 Å². The van der Waals surface area contributed by atoms with E-state index >= 15 is 0 Å². The van der Waals surface area contributed by atoms with Gasteiger partial charge in [0, 0.05) is 24.0 Å². The summed E-state index contributed by atoms with van der Waals surface area (Å²) in [6, 6.07) is 2.11. The second-order valence-electron chi connectivity index (χ2n) is 7.54. The number of benzene rings is 1. The molecule has 0 bridgehead atoms. The van der Waals surface area contributed by atoms with Crippen LogP contribution < -0.4 is 10.2 Å². The van der Waals surface area contributed by atoms with E-state index in [1.165, 1.54) is 30.1 Å². The standard InChI is InChI=1S/C21H21F3N6O2/c1-11-8-29(10-26-11)17-7-15(23)14(6-16(17)24)13(3)27-20-25-5-4-19(28-20)30-18(12(2)22)9-32-21(30)31/h4-8,10,12-13,18H,9H2,1-3H3,(H,25,27,28)/t12-,13-,18?/m0/s1. The van der Waals surface area contributed by atoms with Crippen LogP contribution in [-0.4, -0.2) is 44.4 Å². The quantitative estimate of drug-likeness (QED) is 0.614. The van der Waals surface area contributed by atoms with E-state index in [1.54, 1.807) is 20.0 Å². The smallest absolute Gasteiger partial charge is 0.416 e. The van der Waals surface area contributed by atoms with Crippen LogP contribution in [0.25, 0.3) is 5.69 Å². The molecule has 0 saturated carbocycles. The Hall–Kier alpha value is -3.63. The average Bonchev–Trinajstić information content (AvgIpc) is 3.35. The number of hydrogen-bond donors (Lipinski definition) is 1. The number of hydrogen-bond acceptors (Lipinski definition) is 6. The van der Waals surface area contributed by atoms with Crippen molar-refractivity contribution in [2.24, 2.45) is 0 Å². The number of nitrogens with zero attached hydrogens (tertiary/aromatic N) is 5. The number of amides is 1. The van der Waals surface area contributed by atoms with Crippen LogP contribution in [0.1, 0.15) is 31.1 Å². The number of alkyl halides is 1. The fourth-order valence-electron chi connectivity index (χ4n) is 3.50. The summed E-state index contributed by atoms with van der Waals surface area (Å²) in [7, 11) is 0. The van der Waals surface area contributed by atoms with Crippen molar-refractivity contribution in [3.05, 3.63) is 59.8 Å². The van der Waals surface area contributed by atoms with Gasteiger partial charge in [-0.3, -0.25) is 4.90 Å². The van der Waals surface area contributed by atoms with Gasteiger partial charge < -0.3 is 14.6 Å². The number of aromatic nitrogens is 4. The molecule has 32 heavy (non-hydrogen) atoms. The lowest BCUT2D eigenvalue weighted by atomic mass is 10.1. The first-order valence-electron chi connectivity index (χ1n) is 9.94. The van der Waals surface area contributed by atoms with E-state index in [1.807, 2.05) is 0 Å². The van der Waals surface area contributed by atoms with Gasteiger partial charge in [-0.2, -0.15) is 4.98 Å². The molecule has 0 radical (unpaired) electrons. The molecule has 0 aliphatic carbocycles. The molecule has 2 aromatic heterocycles. The van der Waals surface area contributed by atoms with Crippen LogP contribution in [-0.2, 0) is 4.74 Å². The molecular formula is C21H21F3N6O2. The lowest BCUT2D eigenvalue weighted by Crippen LogP contribution is -2.39. The molecule has 0 spiro atoms. The summed E-state index contributed by atoms with van der Waals surface area (Å²) in [6.07, 6.45) is 2.33. The number of ether oxygens (including phenoxy) is 1. The van der Waals surface area contributed by atoms with Gasteiger partial charge >= 0.3 is 6.09 Å². The summed E-state index contributed by atoms with van der Waals surface area (Å²) in [5, 5.41) is 2.89. The van der Waals surface area contributed by atoms with Crippen LogP contribution in [0.5, 0.6) is 0 Å². The Morgan fingerprint density at radius 3 is 2.69 bits per heavy atom. The van der Waals surface area contributed by atoms with Gasteiger partial charge in [0.05, 0.1) is 23.8 Å². The maximum absolute atomic E-state index is 14.8. The van der Waals surface area contributed by atoms with Gasteiger partial charge in [-0.1, -0.05) is 0 Å². The van der Waals surface area contributed by atoms with Crippen LogP contribution in [0, 0.1) is 18.6 Å². The van der Waals surface area contributed by atoms with Crippen molar-refractivity contribution < 1.29 is 22.7 Å². The molecule has 1 aromatic carbocycles. The van der Waals surface area contributed by atoms with Crippen LogP contribution >= 0.6 is 0 Å². The molecule has 1 aliphatic heterocycles. The Kier molecular flexibility index (Phi) is 5.72. The van der Waals surface area contributed by atoms with E-state index in [0.717, 1.165) is 17.0 Å². The number of carbonyl (C=O) groups is 1. The molecule has 4 rings (SSSR count). The number of cyclic esters (lactones) is 1. The number of anilines is 2. The molecule has 8 nitrogen and oxygen atoms in total. The Bertz CT molecular complexity index is 1150. The summed E-state index contributed by atoms with van der Waals surface area (Å²) in [4.78, 5) is 25.5. The third-order valence-electron chi connectivity index (χ3n) is 5.19. The minimum Gasteiger partial charge on any atom is -0.447 e. The molecule has 11 heteroatoms. The van der Waals surface area contributed by atoms with Gasteiger partial charge in [0.15, 0.2) is 0 Å². The first-order chi connectivity index (χ1) is 15.2. The summed E-state index contributed by atoms with van der Waals surface area (Å²) in [5.41, 5.74) is 0.774. The van der Waals surface area contributed by atoms with Gasteiger partial charge in [-0.05, 0) is 32.9 Å². The lowest BCUT2D eigenvalue weighted by molar-refractivity contribution is 0.174. The fraction of sp³-hybridized carbons (Fsp3) is 0.333. The Morgan fingerprint density at radius 1 is 1.22 bits per heavy atom. The molecule has 3 aromatic rings. The van der Waals surface area contributed by atoms with E-state index in [9.17, 15) is 18.0 Å². The molecule has 1 amide bonds. The molecular weight excluding hydrogens is 425 g/mol. The number of carbonyl (C=O) groups excluding carboxylic acids is 1. The van der Waals surface area contributed by atoms with Gasteiger partial charge in [0.2, 0.25) is 5.95 Å². The van der Waals surface area contributed by atoms with Gasteiger partial charge in [0.25, 0.3) is 0 Å². The van der Waals surface area contributed by atoms with Crippen molar-refractivity contribution in [3.63, 3.8) is 0 Å². The Labute approximate surface area is 182 Å². The molecule has 1 aliphatic rings. The Morgan fingerprint density at radius 2 is 2.00 bits per heavy atom. The number of rotatable bonds is 6. The van der Waals surface area contributed by atoms with Crippen molar-refractivity contribution in [2.45, 2.75) is 39.0 Å². The zero-order valence-electron chi connectivity index (χ0n) is 17.6. The second kappa shape index (κ2) is 8.48. The molecule has 168 valence electrons. The molecule has 1 unspecified atom stereocenters. The van der Waals surface area contributed by atoms with Crippen molar-refractivity contribution >= 4 is 17.9 Å². The molecule has 1 saturated heterocycles. The topological polar surface area (TPSA) is 85.2 Å². The second-order valence-corrected chi connectivity index (χ2v) is 7.54.